The van der Waals surface area contributed by atoms with Crippen LogP contribution >= 0.6 is 11.3 Å². The van der Waals surface area contributed by atoms with Gasteiger partial charge >= 0.3 is 11.9 Å². The van der Waals surface area contributed by atoms with Crippen LogP contribution in [0.2, 0.25) is 0 Å². The van der Waals surface area contributed by atoms with Gasteiger partial charge in [0.15, 0.2) is 0 Å². The van der Waals surface area contributed by atoms with Crippen LogP contribution in [0.1, 0.15) is 42.8 Å². The first-order valence-electron chi connectivity index (χ1n) is 9.03. The maximum absolute atomic E-state index is 13.8. The summed E-state index contributed by atoms with van der Waals surface area (Å²) in [6.07, 6.45) is 0.132. The number of nitrogens with one attached hydrogen (secondary N) is 1. The molecule has 0 saturated carbocycles. The predicted molar refractivity (Wildman–Crippen MR) is 110 cm³/mol. The normalized spacial score (nSPS) is 15.3. The molecule has 0 radical (unpaired) electrons. The number of ether oxygens (including phenoxy) is 1. The Bertz CT molecular complexity index is 1170. The number of methoxy groups -OCH3 is 1. The van der Waals surface area contributed by atoms with Crippen molar-refractivity contribution in [3.05, 3.63) is 75.2 Å². The van der Waals surface area contributed by atoms with Crippen LogP contribution < -0.4 is 5.32 Å². The number of aromatic carboxylic acids is 1. The summed E-state index contributed by atoms with van der Waals surface area (Å²) in [6, 6.07) is 12.3. The number of carboxylic acids is 1. The minimum Gasteiger partial charge on any atom is -0.477 e. The van der Waals surface area contributed by atoms with Crippen molar-refractivity contribution in [2.75, 3.05) is 12.4 Å². The van der Waals surface area contributed by atoms with E-state index in [2.05, 4.69) is 5.32 Å². The van der Waals surface area contributed by atoms with Crippen molar-refractivity contribution in [1.29, 1.82) is 0 Å². The summed E-state index contributed by atoms with van der Waals surface area (Å²) in [6.45, 7) is 0. The highest BCUT2D eigenvalue weighted by Gasteiger charge is 2.34. The molecule has 3 aromatic rings. The molecule has 2 aromatic carbocycles. The number of hydrogen-bond acceptors (Lipinski definition) is 5. The highest BCUT2D eigenvalue weighted by molar-refractivity contribution is 7.15. The molecule has 1 aliphatic heterocycles. The molecule has 1 atom stereocenters. The minimum atomic E-state index is -1.15. The molecule has 0 fully saturated rings. The monoisotopic (exact) mass is 425 g/mol. The van der Waals surface area contributed by atoms with Crippen LogP contribution in [0.4, 0.5) is 10.1 Å². The van der Waals surface area contributed by atoms with Crippen LogP contribution in [0.5, 0.6) is 0 Å². The van der Waals surface area contributed by atoms with Crippen LogP contribution in [0.15, 0.2) is 48.5 Å². The molecule has 4 rings (SSSR count). The van der Waals surface area contributed by atoms with Crippen molar-refractivity contribution in [2.45, 2.75) is 12.3 Å². The first-order valence-corrected chi connectivity index (χ1v) is 9.84. The summed E-state index contributed by atoms with van der Waals surface area (Å²) in [5.41, 5.74) is 2.21. The van der Waals surface area contributed by atoms with Gasteiger partial charge in [-0.15, -0.1) is 11.3 Å². The molecule has 0 bridgehead atoms. The van der Waals surface area contributed by atoms with Gasteiger partial charge in [0, 0.05) is 22.8 Å². The van der Waals surface area contributed by atoms with E-state index < -0.39 is 17.8 Å². The lowest BCUT2D eigenvalue weighted by Gasteiger charge is -2.24. The molecule has 1 aliphatic rings. The molecular formula is C22H16FNO5S. The number of esters is 1. The number of carbonyl (C=O) groups is 3. The Labute approximate surface area is 174 Å². The Morgan fingerprint density at radius 2 is 1.93 bits per heavy atom. The fraction of sp³-hybridized carbons (Fsp3) is 0.136. The second kappa shape index (κ2) is 7.72. The van der Waals surface area contributed by atoms with Crippen molar-refractivity contribution in [1.82, 2.24) is 0 Å². The van der Waals surface area contributed by atoms with Crippen molar-refractivity contribution in [2.24, 2.45) is 0 Å². The van der Waals surface area contributed by atoms with E-state index in [9.17, 15) is 23.9 Å². The van der Waals surface area contributed by atoms with Crippen molar-refractivity contribution in [3.63, 3.8) is 0 Å². The molecule has 2 N–H and O–H groups in total. The fourth-order valence-corrected chi connectivity index (χ4v) is 4.84. The zero-order chi connectivity index (χ0) is 21.4. The number of carboxylic acid groups (broad SMARTS) is 1. The molecule has 152 valence electrons. The zero-order valence-corrected chi connectivity index (χ0v) is 16.6. The zero-order valence-electron chi connectivity index (χ0n) is 15.8. The molecule has 0 unspecified atom stereocenters. The van der Waals surface area contributed by atoms with Gasteiger partial charge in [0.05, 0.1) is 18.4 Å². The third kappa shape index (κ3) is 3.46. The number of rotatable bonds is 4. The summed E-state index contributed by atoms with van der Waals surface area (Å²) >= 11 is 1.06. The first kappa shape index (κ1) is 19.8. The van der Waals surface area contributed by atoms with E-state index in [1.807, 2.05) is 0 Å². The van der Waals surface area contributed by atoms with Gasteiger partial charge in [0.1, 0.15) is 10.7 Å². The number of benzene rings is 2. The van der Waals surface area contributed by atoms with E-state index >= 15 is 0 Å². The fourth-order valence-electron chi connectivity index (χ4n) is 3.60. The molecule has 8 heteroatoms. The lowest BCUT2D eigenvalue weighted by Crippen LogP contribution is -2.22. The number of anilines is 1. The average molecular weight is 425 g/mol. The molecule has 0 saturated heterocycles. The summed E-state index contributed by atoms with van der Waals surface area (Å²) in [4.78, 5) is 36.8. The van der Waals surface area contributed by atoms with Gasteiger partial charge in [0.25, 0.3) is 0 Å². The van der Waals surface area contributed by atoms with Gasteiger partial charge in [-0.05, 0) is 35.4 Å². The van der Waals surface area contributed by atoms with E-state index in [4.69, 9.17) is 4.74 Å². The average Bonchev–Trinajstić information content (AvgIpc) is 3.12. The van der Waals surface area contributed by atoms with Crippen LogP contribution in [-0.4, -0.2) is 30.1 Å². The van der Waals surface area contributed by atoms with Gasteiger partial charge < -0.3 is 15.2 Å². The van der Waals surface area contributed by atoms with Crippen molar-refractivity contribution in [3.8, 4) is 11.1 Å². The molecular weight excluding hydrogens is 409 g/mol. The number of fused-ring (bicyclic) bond motifs is 1. The number of thiophene rings is 1. The Morgan fingerprint density at radius 1 is 1.20 bits per heavy atom. The van der Waals surface area contributed by atoms with Crippen molar-refractivity contribution < 1.29 is 28.6 Å². The maximum atomic E-state index is 13.8. The van der Waals surface area contributed by atoms with E-state index in [-0.39, 0.29) is 23.1 Å². The molecule has 1 amide bonds. The highest BCUT2D eigenvalue weighted by atomic mass is 32.1. The molecule has 0 aliphatic carbocycles. The summed E-state index contributed by atoms with van der Waals surface area (Å²) in [5, 5.41) is 12.5. The lowest BCUT2D eigenvalue weighted by molar-refractivity contribution is -0.116. The third-order valence-corrected chi connectivity index (χ3v) is 6.24. The quantitative estimate of drug-likeness (QED) is 0.600. The number of halogens is 1. The largest absolute Gasteiger partial charge is 0.477 e. The van der Waals surface area contributed by atoms with Gasteiger partial charge in [-0.1, -0.05) is 24.3 Å². The van der Waals surface area contributed by atoms with Crippen LogP contribution in [-0.2, 0) is 9.53 Å². The van der Waals surface area contributed by atoms with E-state index in [0.717, 1.165) is 16.9 Å². The van der Waals surface area contributed by atoms with Crippen LogP contribution in [0, 0.1) is 5.82 Å². The SMILES string of the molecule is COC(=O)c1ccc([C@H]2CC(=O)Nc3c2sc(C(=O)O)c3-c2cccc(F)c2)cc1. The number of amides is 1. The third-order valence-electron chi connectivity index (χ3n) is 4.95. The lowest BCUT2D eigenvalue weighted by atomic mass is 9.88. The summed E-state index contributed by atoms with van der Waals surface area (Å²) in [5.74, 6) is -2.77. The highest BCUT2D eigenvalue weighted by Crippen LogP contribution is 2.49. The molecule has 6 nitrogen and oxygen atoms in total. The Balaban J connectivity index is 1.86. The minimum absolute atomic E-state index is 0.0315. The molecule has 30 heavy (non-hydrogen) atoms. The van der Waals surface area contributed by atoms with Gasteiger partial charge in [-0.3, -0.25) is 4.79 Å². The second-order valence-electron chi connectivity index (χ2n) is 6.78. The molecule has 0 spiro atoms. The van der Waals surface area contributed by atoms with Gasteiger partial charge in [-0.2, -0.15) is 0 Å². The van der Waals surface area contributed by atoms with E-state index in [1.165, 1.54) is 25.3 Å². The maximum Gasteiger partial charge on any atom is 0.346 e. The summed E-state index contributed by atoms with van der Waals surface area (Å²) in [7, 11) is 1.29. The van der Waals surface area contributed by atoms with E-state index in [0.29, 0.717) is 27.3 Å². The van der Waals surface area contributed by atoms with Crippen LogP contribution in [0.25, 0.3) is 11.1 Å². The first-order chi connectivity index (χ1) is 14.4. The van der Waals surface area contributed by atoms with E-state index in [1.54, 1.807) is 30.3 Å². The Hall–Kier alpha value is -3.52. The topological polar surface area (TPSA) is 92.7 Å². The number of hydrogen-bond donors (Lipinski definition) is 2. The van der Waals surface area contributed by atoms with Gasteiger partial charge in [-0.25, -0.2) is 14.0 Å². The van der Waals surface area contributed by atoms with Gasteiger partial charge in [0.2, 0.25) is 5.91 Å². The number of carbonyl (C=O) groups excluding carboxylic acids is 2. The predicted octanol–water partition coefficient (Wildman–Crippen LogP) is 4.51. The molecule has 1 aromatic heterocycles. The second-order valence-corrected chi connectivity index (χ2v) is 7.83. The Morgan fingerprint density at radius 3 is 2.57 bits per heavy atom. The van der Waals surface area contributed by atoms with Crippen LogP contribution in [0.3, 0.4) is 0 Å². The molecule has 2 heterocycles. The van der Waals surface area contributed by atoms with Crippen molar-refractivity contribution >= 4 is 34.9 Å². The smallest absolute Gasteiger partial charge is 0.346 e. The Kier molecular flexibility index (Phi) is 5.09. The standard InChI is InChI=1S/C22H16FNO5S/c1-29-22(28)12-7-5-11(6-8-12)15-10-16(25)24-18-17(13-3-2-4-14(23)9-13)20(21(26)27)30-19(15)18/h2-9,15H,10H2,1H3,(H,24,25)(H,26,27)/t15-/m1/s1. The summed E-state index contributed by atoms with van der Waals surface area (Å²) < 4.78 is 18.5.